The lowest BCUT2D eigenvalue weighted by atomic mass is 9.47. The number of ether oxygens (including phenoxy) is 3. The van der Waals surface area contributed by atoms with Crippen LogP contribution in [0.5, 0.6) is 0 Å². The Kier molecular flexibility index (Phi) is 7.80. The zero-order valence-corrected chi connectivity index (χ0v) is 23.9. The van der Waals surface area contributed by atoms with E-state index in [0.717, 1.165) is 43.4 Å². The normalized spacial score (nSPS) is 50.9. The van der Waals surface area contributed by atoms with Crippen molar-refractivity contribution in [3.05, 3.63) is 11.6 Å². The third-order valence-electron chi connectivity index (χ3n) is 12.3. The summed E-state index contributed by atoms with van der Waals surface area (Å²) in [5, 5.41) is 29.1. The van der Waals surface area contributed by atoms with Gasteiger partial charge in [0.1, 0.15) is 0 Å². The summed E-state index contributed by atoms with van der Waals surface area (Å²) < 4.78 is 19.0. The van der Waals surface area contributed by atoms with Crippen LogP contribution in [-0.2, 0) is 14.2 Å². The Morgan fingerprint density at radius 3 is 2.63 bits per heavy atom. The highest BCUT2D eigenvalue weighted by molar-refractivity contribution is 5.26. The van der Waals surface area contributed by atoms with Crippen molar-refractivity contribution >= 4 is 0 Å². The molecule has 6 aliphatic rings. The molecule has 13 atom stereocenters. The fourth-order valence-electron chi connectivity index (χ4n) is 10.1. The standard InChI is InChI=1S/C32H52O6/c1-19(17-33)4-6-22-15-28-29(36-22)16-27-25-7-5-20-12-23(37-30-14-21(35)13-24(18-34)38-30)8-10-31(20,2)26(25)9-11-32(27,28)3/h5,19,21-30,33-35H,4,6-18H2,1-3H3/t19-,21+,22?,23+,24+,25?,26?,27?,28?,29?,30-,31+,32+/m1/s1. The van der Waals surface area contributed by atoms with E-state index in [-0.39, 0.29) is 30.8 Å². The zero-order chi connectivity index (χ0) is 26.7. The molecule has 38 heavy (non-hydrogen) atoms. The van der Waals surface area contributed by atoms with Gasteiger partial charge >= 0.3 is 0 Å². The summed E-state index contributed by atoms with van der Waals surface area (Å²) in [6, 6.07) is 0. The smallest absolute Gasteiger partial charge is 0.160 e. The van der Waals surface area contributed by atoms with Crippen LogP contribution in [0.2, 0.25) is 0 Å². The Hall–Kier alpha value is -0.500. The predicted octanol–water partition coefficient (Wildman–Crippen LogP) is 4.98. The molecule has 6 rings (SSSR count). The third kappa shape index (κ3) is 4.83. The van der Waals surface area contributed by atoms with Gasteiger partial charge in [-0.05, 0) is 105 Å². The van der Waals surface area contributed by atoms with Gasteiger partial charge < -0.3 is 29.5 Å². The highest BCUT2D eigenvalue weighted by atomic mass is 16.7. The Morgan fingerprint density at radius 1 is 1.00 bits per heavy atom. The van der Waals surface area contributed by atoms with Gasteiger partial charge in [0.25, 0.3) is 0 Å². The summed E-state index contributed by atoms with van der Waals surface area (Å²) >= 11 is 0. The SMILES string of the molecule is C[C@@H](CO)CCC1CC2C(CC3C4CC=C5C[C@@H](O[C@H]6C[C@@H](O)C[C@@H](CO)O6)CC[C@]5(C)C4CC[C@]23C)O1. The largest absolute Gasteiger partial charge is 0.396 e. The van der Waals surface area contributed by atoms with Crippen LogP contribution in [0.15, 0.2) is 11.6 Å². The second-order valence-corrected chi connectivity index (χ2v) is 14.5. The first-order chi connectivity index (χ1) is 18.2. The lowest BCUT2D eigenvalue weighted by Crippen LogP contribution is -2.51. The second-order valence-electron chi connectivity index (χ2n) is 14.5. The molecular formula is C32H52O6. The summed E-state index contributed by atoms with van der Waals surface area (Å²) in [5.74, 6) is 3.38. The van der Waals surface area contributed by atoms with E-state index >= 15 is 0 Å². The molecule has 2 saturated heterocycles. The number of hydrogen-bond donors (Lipinski definition) is 3. The van der Waals surface area contributed by atoms with E-state index in [0.29, 0.717) is 42.3 Å². The molecule has 5 fully saturated rings. The van der Waals surface area contributed by atoms with Gasteiger partial charge in [0.15, 0.2) is 6.29 Å². The Balaban J connectivity index is 1.10. The highest BCUT2D eigenvalue weighted by Gasteiger charge is 2.63. The van der Waals surface area contributed by atoms with Gasteiger partial charge in [-0.3, -0.25) is 0 Å². The molecule has 6 nitrogen and oxygen atoms in total. The molecule has 0 radical (unpaired) electrons. The minimum Gasteiger partial charge on any atom is -0.396 e. The van der Waals surface area contributed by atoms with Crippen LogP contribution in [0, 0.1) is 40.4 Å². The first-order valence-corrected chi connectivity index (χ1v) is 15.8. The van der Waals surface area contributed by atoms with Gasteiger partial charge in [0.05, 0.1) is 37.1 Å². The van der Waals surface area contributed by atoms with Crippen molar-refractivity contribution in [2.75, 3.05) is 13.2 Å². The number of fused-ring (bicyclic) bond motifs is 7. The van der Waals surface area contributed by atoms with Crippen LogP contribution in [0.1, 0.15) is 97.8 Å². The zero-order valence-electron chi connectivity index (χ0n) is 23.9. The Bertz CT molecular complexity index is 876. The van der Waals surface area contributed by atoms with Crippen molar-refractivity contribution in [1.82, 2.24) is 0 Å². The molecule has 2 aliphatic heterocycles. The molecule has 4 aliphatic carbocycles. The molecule has 0 amide bonds. The molecule has 0 aromatic heterocycles. The first kappa shape index (κ1) is 27.7. The van der Waals surface area contributed by atoms with Crippen LogP contribution in [0.25, 0.3) is 0 Å². The van der Waals surface area contributed by atoms with E-state index < -0.39 is 12.4 Å². The van der Waals surface area contributed by atoms with Crippen molar-refractivity contribution in [1.29, 1.82) is 0 Å². The second kappa shape index (κ2) is 10.7. The van der Waals surface area contributed by atoms with Gasteiger partial charge in [-0.1, -0.05) is 32.4 Å². The Labute approximate surface area is 229 Å². The van der Waals surface area contributed by atoms with Gasteiger partial charge in [-0.15, -0.1) is 0 Å². The van der Waals surface area contributed by atoms with Crippen molar-refractivity contribution in [3.8, 4) is 0 Å². The molecule has 6 heteroatoms. The maximum absolute atomic E-state index is 10.2. The minimum absolute atomic E-state index is 0.0652. The van der Waals surface area contributed by atoms with Crippen molar-refractivity contribution < 1.29 is 29.5 Å². The van der Waals surface area contributed by atoms with Crippen LogP contribution in [0.4, 0.5) is 0 Å². The summed E-state index contributed by atoms with van der Waals surface area (Å²) in [5.41, 5.74) is 2.28. The van der Waals surface area contributed by atoms with Crippen LogP contribution in [-0.4, -0.2) is 65.3 Å². The Morgan fingerprint density at radius 2 is 1.84 bits per heavy atom. The quantitative estimate of drug-likeness (QED) is 0.401. The molecule has 3 saturated carbocycles. The van der Waals surface area contributed by atoms with Gasteiger partial charge in [0.2, 0.25) is 0 Å². The number of hydrogen-bond acceptors (Lipinski definition) is 6. The van der Waals surface area contributed by atoms with E-state index in [2.05, 4.69) is 26.8 Å². The van der Waals surface area contributed by atoms with Gasteiger partial charge in [-0.25, -0.2) is 0 Å². The molecule has 0 spiro atoms. The molecule has 0 bridgehead atoms. The maximum Gasteiger partial charge on any atom is 0.160 e. The van der Waals surface area contributed by atoms with Gasteiger partial charge in [0, 0.05) is 19.4 Å². The average Bonchev–Trinajstić information content (AvgIpc) is 3.43. The van der Waals surface area contributed by atoms with E-state index in [9.17, 15) is 15.3 Å². The lowest BCUT2D eigenvalue weighted by Gasteiger charge is -2.58. The van der Waals surface area contributed by atoms with Crippen molar-refractivity contribution in [2.45, 2.75) is 135 Å². The topological polar surface area (TPSA) is 88.4 Å². The molecular weight excluding hydrogens is 480 g/mol. The summed E-state index contributed by atoms with van der Waals surface area (Å²) in [4.78, 5) is 0. The third-order valence-corrected chi connectivity index (χ3v) is 12.3. The molecule has 6 unspecified atom stereocenters. The fourth-order valence-corrected chi connectivity index (χ4v) is 10.1. The summed E-state index contributed by atoms with van der Waals surface area (Å²) in [6.45, 7) is 7.50. The summed E-state index contributed by atoms with van der Waals surface area (Å²) in [6.07, 6.45) is 15.0. The number of aliphatic hydroxyl groups is 3. The summed E-state index contributed by atoms with van der Waals surface area (Å²) in [7, 11) is 0. The first-order valence-electron chi connectivity index (χ1n) is 15.8. The fraction of sp³-hybridized carbons (Fsp3) is 0.938. The molecule has 216 valence electrons. The van der Waals surface area contributed by atoms with Crippen LogP contribution in [0.3, 0.4) is 0 Å². The van der Waals surface area contributed by atoms with Crippen LogP contribution < -0.4 is 0 Å². The van der Waals surface area contributed by atoms with Crippen LogP contribution >= 0.6 is 0 Å². The highest BCUT2D eigenvalue weighted by Crippen LogP contribution is 2.68. The van der Waals surface area contributed by atoms with Crippen molar-refractivity contribution in [2.24, 2.45) is 40.4 Å². The number of allylic oxidation sites excluding steroid dienone is 1. The molecule has 0 aromatic rings. The van der Waals surface area contributed by atoms with Gasteiger partial charge in [-0.2, -0.15) is 0 Å². The lowest BCUT2D eigenvalue weighted by molar-refractivity contribution is -0.242. The predicted molar refractivity (Wildman–Crippen MR) is 145 cm³/mol. The van der Waals surface area contributed by atoms with E-state index in [1.54, 1.807) is 5.57 Å². The van der Waals surface area contributed by atoms with E-state index in [1.807, 2.05) is 0 Å². The number of rotatable bonds is 7. The van der Waals surface area contributed by atoms with Crippen molar-refractivity contribution in [3.63, 3.8) is 0 Å². The molecule has 3 N–H and O–H groups in total. The average molecular weight is 533 g/mol. The molecule has 2 heterocycles. The maximum atomic E-state index is 10.2. The van der Waals surface area contributed by atoms with E-state index in [1.165, 1.54) is 38.5 Å². The molecule has 0 aromatic carbocycles. The minimum atomic E-state index is -0.458. The number of aliphatic hydroxyl groups excluding tert-OH is 3. The monoisotopic (exact) mass is 532 g/mol. The van der Waals surface area contributed by atoms with E-state index in [4.69, 9.17) is 14.2 Å².